The van der Waals surface area contributed by atoms with E-state index in [4.69, 9.17) is 4.74 Å². The number of hydrogen-bond acceptors (Lipinski definition) is 4. The molecule has 108 valence electrons. The second-order valence-corrected chi connectivity index (χ2v) is 4.85. The van der Waals surface area contributed by atoms with Gasteiger partial charge in [0.15, 0.2) is 5.69 Å². The fourth-order valence-electron chi connectivity index (χ4n) is 2.38. The first-order valence-electron chi connectivity index (χ1n) is 6.81. The first-order chi connectivity index (χ1) is 10.7. The molecule has 0 saturated carbocycles. The lowest BCUT2D eigenvalue weighted by Crippen LogP contribution is -2.01. The van der Waals surface area contributed by atoms with Crippen molar-refractivity contribution >= 4 is 0 Å². The molecule has 0 unspecified atom stereocenters. The van der Waals surface area contributed by atoms with Gasteiger partial charge in [0.25, 0.3) is 0 Å². The van der Waals surface area contributed by atoms with Crippen molar-refractivity contribution in [2.24, 2.45) is 0 Å². The Balaban J connectivity index is 2.27. The molecule has 1 aromatic heterocycles. The van der Waals surface area contributed by atoms with Gasteiger partial charge in [0.2, 0.25) is 0 Å². The summed E-state index contributed by atoms with van der Waals surface area (Å²) in [5.74, 6) is 0.676. The Morgan fingerprint density at radius 2 is 1.95 bits per heavy atom. The van der Waals surface area contributed by atoms with Crippen molar-refractivity contribution in [3.8, 4) is 28.8 Å². The van der Waals surface area contributed by atoms with Crippen LogP contribution in [0.3, 0.4) is 0 Å². The van der Waals surface area contributed by atoms with Crippen LogP contribution in [-0.4, -0.2) is 22.1 Å². The highest BCUT2D eigenvalue weighted by molar-refractivity contribution is 5.72. The van der Waals surface area contributed by atoms with Gasteiger partial charge in [-0.3, -0.25) is 0 Å². The van der Waals surface area contributed by atoms with Crippen molar-refractivity contribution < 1.29 is 4.74 Å². The Bertz CT molecular complexity index is 861. The van der Waals surface area contributed by atoms with Crippen LogP contribution in [0.25, 0.3) is 16.9 Å². The maximum atomic E-state index is 9.35. The van der Waals surface area contributed by atoms with Crippen molar-refractivity contribution in [1.82, 2.24) is 15.0 Å². The monoisotopic (exact) mass is 290 g/mol. The number of methoxy groups -OCH3 is 1. The summed E-state index contributed by atoms with van der Waals surface area (Å²) in [6.45, 7) is 2.01. The van der Waals surface area contributed by atoms with Crippen LogP contribution in [0.15, 0.2) is 48.5 Å². The second-order valence-electron chi connectivity index (χ2n) is 4.85. The molecule has 0 radical (unpaired) electrons. The molecular formula is C17H14N4O. The van der Waals surface area contributed by atoms with E-state index in [-0.39, 0.29) is 5.69 Å². The Morgan fingerprint density at radius 1 is 1.14 bits per heavy atom. The predicted octanol–water partition coefficient (Wildman–Crippen LogP) is 3.12. The Kier molecular flexibility index (Phi) is 3.58. The van der Waals surface area contributed by atoms with Crippen molar-refractivity contribution in [3.63, 3.8) is 0 Å². The number of para-hydroxylation sites is 1. The fraction of sp³-hybridized carbons (Fsp3) is 0.118. The van der Waals surface area contributed by atoms with Crippen LogP contribution in [0.5, 0.6) is 5.75 Å². The van der Waals surface area contributed by atoms with E-state index in [1.54, 1.807) is 11.8 Å². The summed E-state index contributed by atoms with van der Waals surface area (Å²) in [6.07, 6.45) is 0. The van der Waals surface area contributed by atoms with Crippen LogP contribution in [0.2, 0.25) is 0 Å². The van der Waals surface area contributed by atoms with Crippen LogP contribution in [0.1, 0.15) is 11.3 Å². The van der Waals surface area contributed by atoms with Crippen molar-refractivity contribution in [1.29, 1.82) is 5.26 Å². The average Bonchev–Trinajstić information content (AvgIpc) is 2.98. The zero-order valence-electron chi connectivity index (χ0n) is 12.3. The van der Waals surface area contributed by atoms with Gasteiger partial charge in [0.05, 0.1) is 12.8 Å². The van der Waals surface area contributed by atoms with Gasteiger partial charge in [0.1, 0.15) is 17.5 Å². The number of benzene rings is 2. The molecule has 2 aromatic carbocycles. The minimum absolute atomic E-state index is 0.269. The summed E-state index contributed by atoms with van der Waals surface area (Å²) in [4.78, 5) is 0. The second kappa shape index (κ2) is 5.70. The van der Waals surface area contributed by atoms with Gasteiger partial charge in [-0.2, -0.15) is 5.26 Å². The molecule has 0 aliphatic heterocycles. The van der Waals surface area contributed by atoms with E-state index in [1.807, 2.05) is 55.5 Å². The zero-order chi connectivity index (χ0) is 15.5. The van der Waals surface area contributed by atoms with Gasteiger partial charge in [-0.05, 0) is 36.8 Å². The standard InChI is InChI=1S/C17H14N4O/c1-12-6-5-7-13(10-12)21-17(15(11-18)19-20-21)14-8-3-4-9-16(14)22-2/h3-10H,1-2H3. The molecule has 0 aliphatic rings. The Labute approximate surface area is 128 Å². The highest BCUT2D eigenvalue weighted by atomic mass is 16.5. The van der Waals surface area contributed by atoms with Gasteiger partial charge < -0.3 is 4.74 Å². The number of nitrogens with zero attached hydrogens (tertiary/aromatic N) is 4. The topological polar surface area (TPSA) is 63.7 Å². The van der Waals surface area contributed by atoms with Gasteiger partial charge in [-0.15, -0.1) is 5.10 Å². The maximum Gasteiger partial charge on any atom is 0.191 e. The molecule has 0 aliphatic carbocycles. The van der Waals surface area contributed by atoms with Gasteiger partial charge in [-0.25, -0.2) is 4.68 Å². The van der Waals surface area contributed by atoms with E-state index in [0.29, 0.717) is 11.4 Å². The normalized spacial score (nSPS) is 10.2. The van der Waals surface area contributed by atoms with Crippen molar-refractivity contribution in [3.05, 3.63) is 59.8 Å². The van der Waals surface area contributed by atoms with Crippen molar-refractivity contribution in [2.75, 3.05) is 7.11 Å². The molecule has 0 atom stereocenters. The summed E-state index contributed by atoms with van der Waals surface area (Å²) in [7, 11) is 1.60. The molecule has 5 heteroatoms. The Hall–Kier alpha value is -3.13. The molecule has 3 aromatic rings. The van der Waals surface area contributed by atoms with Crippen LogP contribution in [0.4, 0.5) is 0 Å². The van der Waals surface area contributed by atoms with Crippen LogP contribution >= 0.6 is 0 Å². The fourth-order valence-corrected chi connectivity index (χ4v) is 2.38. The quantitative estimate of drug-likeness (QED) is 0.743. The number of rotatable bonds is 3. The first kappa shape index (κ1) is 13.8. The third-order valence-corrected chi connectivity index (χ3v) is 3.38. The zero-order valence-corrected chi connectivity index (χ0v) is 12.3. The summed E-state index contributed by atoms with van der Waals surface area (Å²) in [5.41, 5.74) is 3.65. The summed E-state index contributed by atoms with van der Waals surface area (Å²) in [6, 6.07) is 17.5. The predicted molar refractivity (Wildman–Crippen MR) is 82.8 cm³/mol. The third-order valence-electron chi connectivity index (χ3n) is 3.38. The van der Waals surface area contributed by atoms with E-state index in [2.05, 4.69) is 16.4 Å². The Morgan fingerprint density at radius 3 is 2.68 bits per heavy atom. The summed E-state index contributed by atoms with van der Waals surface area (Å²) >= 11 is 0. The molecular weight excluding hydrogens is 276 g/mol. The first-order valence-corrected chi connectivity index (χ1v) is 6.81. The molecule has 0 amide bonds. The number of ether oxygens (including phenoxy) is 1. The molecule has 22 heavy (non-hydrogen) atoms. The summed E-state index contributed by atoms with van der Waals surface area (Å²) in [5, 5.41) is 17.5. The molecule has 0 spiro atoms. The van der Waals surface area contributed by atoms with Gasteiger partial charge in [-0.1, -0.05) is 29.5 Å². The average molecular weight is 290 g/mol. The third kappa shape index (κ3) is 2.31. The van der Waals surface area contributed by atoms with E-state index < -0.39 is 0 Å². The SMILES string of the molecule is COc1ccccc1-c1c(C#N)nnn1-c1cccc(C)c1. The molecule has 3 rings (SSSR count). The van der Waals surface area contributed by atoms with E-state index in [9.17, 15) is 5.26 Å². The number of aromatic nitrogens is 3. The molecule has 1 heterocycles. The summed E-state index contributed by atoms with van der Waals surface area (Å²) < 4.78 is 7.07. The molecule has 0 fully saturated rings. The number of nitriles is 1. The van der Waals surface area contributed by atoms with Crippen molar-refractivity contribution in [2.45, 2.75) is 6.92 Å². The maximum absolute atomic E-state index is 9.35. The highest BCUT2D eigenvalue weighted by Crippen LogP contribution is 2.32. The lowest BCUT2D eigenvalue weighted by atomic mass is 10.1. The van der Waals surface area contributed by atoms with Gasteiger partial charge in [0, 0.05) is 5.56 Å². The largest absolute Gasteiger partial charge is 0.496 e. The number of aryl methyl sites for hydroxylation is 1. The lowest BCUT2D eigenvalue weighted by Gasteiger charge is -2.10. The minimum atomic E-state index is 0.269. The smallest absolute Gasteiger partial charge is 0.191 e. The van der Waals surface area contributed by atoms with E-state index in [1.165, 1.54) is 0 Å². The van der Waals surface area contributed by atoms with Crippen LogP contribution in [-0.2, 0) is 0 Å². The van der Waals surface area contributed by atoms with Gasteiger partial charge >= 0.3 is 0 Å². The molecule has 0 bridgehead atoms. The minimum Gasteiger partial charge on any atom is -0.496 e. The molecule has 0 saturated heterocycles. The van der Waals surface area contributed by atoms with E-state index in [0.717, 1.165) is 16.8 Å². The van der Waals surface area contributed by atoms with Crippen LogP contribution in [0, 0.1) is 18.3 Å². The van der Waals surface area contributed by atoms with E-state index >= 15 is 0 Å². The number of hydrogen-bond donors (Lipinski definition) is 0. The lowest BCUT2D eigenvalue weighted by molar-refractivity contribution is 0.416. The van der Waals surface area contributed by atoms with Crippen LogP contribution < -0.4 is 4.74 Å². The molecule has 0 N–H and O–H groups in total. The molecule has 5 nitrogen and oxygen atoms in total. The highest BCUT2D eigenvalue weighted by Gasteiger charge is 2.19.